The molecule has 1 saturated heterocycles. The van der Waals surface area contributed by atoms with Gasteiger partial charge in [-0.2, -0.15) is 5.10 Å². The molecule has 3 heterocycles. The molecule has 0 bridgehead atoms. The van der Waals surface area contributed by atoms with E-state index in [1.54, 1.807) is 53.5 Å². The third-order valence-corrected chi connectivity index (χ3v) is 6.31. The first-order valence-electron chi connectivity index (χ1n) is 9.74. The summed E-state index contributed by atoms with van der Waals surface area (Å²) in [5.41, 5.74) is 0.641. The molecule has 0 radical (unpaired) electrons. The van der Waals surface area contributed by atoms with Crippen molar-refractivity contribution in [3.63, 3.8) is 0 Å². The Labute approximate surface area is 179 Å². The summed E-state index contributed by atoms with van der Waals surface area (Å²) in [4.78, 5) is 20.8. The summed E-state index contributed by atoms with van der Waals surface area (Å²) in [6.45, 7) is 0.728. The summed E-state index contributed by atoms with van der Waals surface area (Å²) in [7, 11) is -3.21. The molecule has 0 unspecified atom stereocenters. The molecule has 0 spiro atoms. The van der Waals surface area contributed by atoms with Crippen molar-refractivity contribution in [2.75, 3.05) is 24.7 Å². The van der Waals surface area contributed by atoms with Gasteiger partial charge in [-0.05, 0) is 43.2 Å². The van der Waals surface area contributed by atoms with Crippen molar-refractivity contribution in [2.45, 2.75) is 12.8 Å². The molecule has 10 nitrogen and oxygen atoms in total. The van der Waals surface area contributed by atoms with E-state index in [0.29, 0.717) is 49.1 Å². The fraction of sp³-hybridized carbons (Fsp3) is 0.300. The topological polar surface area (TPSA) is 119 Å². The van der Waals surface area contributed by atoms with Gasteiger partial charge in [0.25, 0.3) is 0 Å². The number of carbonyl (C=O) groups is 1. The lowest BCUT2D eigenvalue weighted by Gasteiger charge is -2.29. The molecule has 1 amide bonds. The highest BCUT2D eigenvalue weighted by molar-refractivity contribution is 7.88. The van der Waals surface area contributed by atoms with Gasteiger partial charge in [-0.1, -0.05) is 0 Å². The average Bonchev–Trinajstić information content (AvgIpc) is 3.30. The summed E-state index contributed by atoms with van der Waals surface area (Å²) < 4.78 is 32.0. The Hall–Kier alpha value is -3.31. The first kappa shape index (κ1) is 20.9. The minimum Gasteiger partial charge on any atom is -0.439 e. The van der Waals surface area contributed by atoms with Crippen LogP contribution in [0.1, 0.15) is 12.8 Å². The van der Waals surface area contributed by atoms with E-state index in [0.717, 1.165) is 0 Å². The highest BCUT2D eigenvalue weighted by Gasteiger charge is 2.28. The van der Waals surface area contributed by atoms with Crippen molar-refractivity contribution in [1.29, 1.82) is 0 Å². The highest BCUT2D eigenvalue weighted by Crippen LogP contribution is 2.24. The minimum atomic E-state index is -3.21. The molecule has 11 heteroatoms. The van der Waals surface area contributed by atoms with Gasteiger partial charge in [-0.15, -0.1) is 0 Å². The van der Waals surface area contributed by atoms with E-state index >= 15 is 0 Å². The zero-order valence-electron chi connectivity index (χ0n) is 16.9. The number of sulfonamides is 1. The maximum Gasteiger partial charge on any atom is 0.227 e. The number of nitrogens with zero attached hydrogens (tertiary/aromatic N) is 5. The maximum absolute atomic E-state index is 12.5. The van der Waals surface area contributed by atoms with Gasteiger partial charge in [0.05, 0.1) is 6.26 Å². The smallest absolute Gasteiger partial charge is 0.227 e. The number of hydrogen-bond acceptors (Lipinski definition) is 7. The number of aromatic nitrogens is 4. The summed E-state index contributed by atoms with van der Waals surface area (Å²) in [5, 5.41) is 7.01. The molecule has 31 heavy (non-hydrogen) atoms. The molecule has 1 aliphatic heterocycles. The third kappa shape index (κ3) is 5.25. The van der Waals surface area contributed by atoms with Crippen LogP contribution in [0.2, 0.25) is 0 Å². The number of rotatable bonds is 6. The monoisotopic (exact) mass is 442 g/mol. The summed E-state index contributed by atoms with van der Waals surface area (Å²) >= 11 is 0. The van der Waals surface area contributed by atoms with Crippen LogP contribution in [0.3, 0.4) is 0 Å². The van der Waals surface area contributed by atoms with Crippen LogP contribution in [0, 0.1) is 5.92 Å². The molecule has 162 valence electrons. The number of hydrogen-bond donors (Lipinski definition) is 1. The zero-order valence-corrected chi connectivity index (χ0v) is 17.7. The van der Waals surface area contributed by atoms with Crippen molar-refractivity contribution < 1.29 is 17.9 Å². The number of piperidine rings is 1. The second-order valence-electron chi connectivity index (χ2n) is 7.22. The first-order chi connectivity index (χ1) is 14.9. The van der Waals surface area contributed by atoms with Gasteiger partial charge in [0, 0.05) is 43.2 Å². The lowest BCUT2D eigenvalue weighted by molar-refractivity contribution is -0.120. The first-order valence-corrected chi connectivity index (χ1v) is 11.6. The standard InChI is InChI=1S/C20H22N6O4S/c1-31(28,29)25-11-7-15(8-12-25)20(27)24-16-3-5-17(6-4-16)30-19-13-18(21-14-22-19)26-10-2-9-23-26/h2-6,9-10,13-15H,7-8,11-12H2,1H3,(H,24,27). The van der Waals surface area contributed by atoms with E-state index < -0.39 is 10.0 Å². The van der Waals surface area contributed by atoms with Gasteiger partial charge < -0.3 is 10.1 Å². The van der Waals surface area contributed by atoms with Gasteiger partial charge in [0.15, 0.2) is 5.82 Å². The molecule has 3 aromatic rings. The summed E-state index contributed by atoms with van der Waals surface area (Å²) in [6.07, 6.45) is 7.03. The quantitative estimate of drug-likeness (QED) is 0.620. The predicted molar refractivity (Wildman–Crippen MR) is 113 cm³/mol. The van der Waals surface area contributed by atoms with Crippen molar-refractivity contribution in [2.24, 2.45) is 5.92 Å². The summed E-state index contributed by atoms with van der Waals surface area (Å²) in [6, 6.07) is 10.4. The van der Waals surface area contributed by atoms with E-state index in [1.807, 2.05) is 0 Å². The van der Waals surface area contributed by atoms with Gasteiger partial charge in [0.1, 0.15) is 12.1 Å². The zero-order chi connectivity index (χ0) is 21.8. The number of ether oxygens (including phenoxy) is 1. The Balaban J connectivity index is 1.34. The number of anilines is 1. The van der Waals surface area contributed by atoms with Crippen LogP contribution in [-0.2, 0) is 14.8 Å². The van der Waals surface area contributed by atoms with Crippen molar-refractivity contribution in [3.8, 4) is 17.4 Å². The van der Waals surface area contributed by atoms with Crippen molar-refractivity contribution >= 4 is 21.6 Å². The molecule has 0 saturated carbocycles. The fourth-order valence-electron chi connectivity index (χ4n) is 3.34. The molecule has 2 aromatic heterocycles. The minimum absolute atomic E-state index is 0.110. The lowest BCUT2D eigenvalue weighted by atomic mass is 9.97. The highest BCUT2D eigenvalue weighted by atomic mass is 32.2. The van der Waals surface area contributed by atoms with Crippen LogP contribution in [0.4, 0.5) is 5.69 Å². The fourth-order valence-corrected chi connectivity index (χ4v) is 4.21. The number of carbonyl (C=O) groups excluding carboxylic acids is 1. The Kier molecular flexibility index (Phi) is 5.96. The second-order valence-corrected chi connectivity index (χ2v) is 9.20. The molecule has 1 fully saturated rings. The molecule has 0 atom stereocenters. The number of benzene rings is 1. The van der Waals surface area contributed by atoms with Crippen LogP contribution in [0.25, 0.3) is 5.82 Å². The van der Waals surface area contributed by atoms with Crippen LogP contribution < -0.4 is 10.1 Å². The molecular weight excluding hydrogens is 420 g/mol. The van der Waals surface area contributed by atoms with Gasteiger partial charge in [-0.3, -0.25) is 4.79 Å². The van der Waals surface area contributed by atoms with E-state index in [1.165, 1.54) is 16.9 Å². The molecular formula is C20H22N6O4S. The second kappa shape index (κ2) is 8.82. The average molecular weight is 443 g/mol. The molecule has 1 N–H and O–H groups in total. The van der Waals surface area contributed by atoms with Crippen LogP contribution in [-0.4, -0.2) is 57.7 Å². The molecule has 4 rings (SSSR count). The third-order valence-electron chi connectivity index (χ3n) is 5.00. The molecule has 0 aliphatic carbocycles. The van der Waals surface area contributed by atoms with E-state index in [4.69, 9.17) is 4.74 Å². The molecule has 1 aliphatic rings. The Bertz CT molecular complexity index is 1140. The van der Waals surface area contributed by atoms with Crippen LogP contribution in [0.5, 0.6) is 11.6 Å². The Morgan fingerprint density at radius 1 is 1.16 bits per heavy atom. The van der Waals surface area contributed by atoms with Crippen molar-refractivity contribution in [1.82, 2.24) is 24.1 Å². The van der Waals surface area contributed by atoms with Gasteiger partial charge in [-0.25, -0.2) is 27.4 Å². The summed E-state index contributed by atoms with van der Waals surface area (Å²) in [5.74, 6) is 1.19. The Morgan fingerprint density at radius 2 is 1.90 bits per heavy atom. The van der Waals surface area contributed by atoms with E-state index in [2.05, 4.69) is 20.4 Å². The maximum atomic E-state index is 12.5. The SMILES string of the molecule is CS(=O)(=O)N1CCC(C(=O)Nc2ccc(Oc3cc(-n4cccn4)ncn3)cc2)CC1. The largest absolute Gasteiger partial charge is 0.439 e. The predicted octanol–water partition coefficient (Wildman–Crippen LogP) is 2.06. The van der Waals surface area contributed by atoms with E-state index in [9.17, 15) is 13.2 Å². The van der Waals surface area contributed by atoms with Crippen LogP contribution in [0.15, 0.2) is 55.1 Å². The Morgan fingerprint density at radius 3 is 2.55 bits per heavy atom. The normalized spacial score (nSPS) is 15.5. The van der Waals surface area contributed by atoms with Gasteiger partial charge in [0.2, 0.25) is 21.8 Å². The number of amides is 1. The van der Waals surface area contributed by atoms with Crippen molar-refractivity contribution in [3.05, 3.63) is 55.1 Å². The van der Waals surface area contributed by atoms with Gasteiger partial charge >= 0.3 is 0 Å². The van der Waals surface area contributed by atoms with E-state index in [-0.39, 0.29) is 11.8 Å². The van der Waals surface area contributed by atoms with Crippen LogP contribution >= 0.6 is 0 Å². The lowest BCUT2D eigenvalue weighted by Crippen LogP contribution is -2.40. The molecule has 1 aromatic carbocycles. The number of nitrogens with one attached hydrogen (secondary N) is 1.